The molecule has 7 aliphatic rings. The summed E-state index contributed by atoms with van der Waals surface area (Å²) in [5, 5.41) is 75.6. The van der Waals surface area contributed by atoms with Crippen LogP contribution in [-0.4, -0.2) is 302 Å². The molecular formula is C108H115FN34O5. The fourth-order valence-corrected chi connectivity index (χ4v) is 21.3. The van der Waals surface area contributed by atoms with Crippen molar-refractivity contribution in [2.24, 2.45) is 5.92 Å². The number of halogens is 1. The lowest BCUT2D eigenvalue weighted by atomic mass is 9.82. The molecular weight excluding hydrogens is 1870 g/mol. The maximum absolute atomic E-state index is 14.0. The van der Waals surface area contributed by atoms with Gasteiger partial charge in [0.25, 0.3) is 29.5 Å². The highest BCUT2D eigenvalue weighted by Gasteiger charge is 2.38. The molecule has 15 aromatic heterocycles. The normalized spacial score (nSPS) is 17.6. The molecule has 4 saturated carbocycles. The summed E-state index contributed by atoms with van der Waals surface area (Å²) in [6, 6.07) is 49.9. The van der Waals surface area contributed by atoms with E-state index < -0.39 is 5.95 Å². The second-order valence-corrected chi connectivity index (χ2v) is 40.0. The van der Waals surface area contributed by atoms with Gasteiger partial charge in [-0.3, -0.25) is 46.0 Å². The zero-order chi connectivity index (χ0) is 101. The molecule has 40 heteroatoms. The van der Waals surface area contributed by atoms with Gasteiger partial charge in [-0.15, -0.1) is 30.6 Å². The molecule has 5 amide bonds. The first kappa shape index (κ1) is 95.2. The van der Waals surface area contributed by atoms with Gasteiger partial charge < -0.3 is 72.4 Å². The molecule has 20 aromatic rings. The number of pyridine rings is 5. The number of amides is 5. The number of nitrogens with one attached hydrogen (secondary N) is 9. The lowest BCUT2D eigenvalue weighted by Gasteiger charge is -2.36. The molecule has 3 saturated heterocycles. The first-order valence-corrected chi connectivity index (χ1v) is 51.1. The average molecular weight is 1990 g/mol. The third kappa shape index (κ3) is 18.3. The lowest BCUT2D eigenvalue weighted by molar-refractivity contribution is 0.0675. The molecule has 27 rings (SSSR count). The summed E-state index contributed by atoms with van der Waals surface area (Å²) in [6.45, 7) is 16.1. The van der Waals surface area contributed by atoms with Crippen LogP contribution >= 0.6 is 0 Å². The number of para-hydroxylation sites is 10. The van der Waals surface area contributed by atoms with Crippen LogP contribution in [0.3, 0.4) is 0 Å². The largest absolute Gasteiger partial charge is 0.387 e. The minimum absolute atomic E-state index is 0.0198. The van der Waals surface area contributed by atoms with E-state index in [1.165, 1.54) is 18.9 Å². The number of likely N-dealkylation sites (N-methyl/N-ethyl adjacent to an activating group) is 2. The highest BCUT2D eigenvalue weighted by molar-refractivity contribution is 6.19. The van der Waals surface area contributed by atoms with E-state index >= 15 is 0 Å². The van der Waals surface area contributed by atoms with E-state index in [1.54, 1.807) is 36.2 Å². The van der Waals surface area contributed by atoms with Gasteiger partial charge in [0.1, 0.15) is 27.8 Å². The number of likely N-dealkylation sites (tertiary alicyclic amines) is 1. The number of piperazine rings is 1. The number of carbonyl (C=O) groups is 5. The number of aromatic nitrogens is 20. The Kier molecular flexibility index (Phi) is 25.9. The number of imidazole rings is 5. The molecule has 4 aliphatic carbocycles. The van der Waals surface area contributed by atoms with Crippen LogP contribution in [0.5, 0.6) is 0 Å². The van der Waals surface area contributed by atoms with Crippen LogP contribution in [0.1, 0.15) is 143 Å². The summed E-state index contributed by atoms with van der Waals surface area (Å²) in [5.74, 6) is -0.516. The Morgan fingerprint density at radius 2 is 0.750 bits per heavy atom. The summed E-state index contributed by atoms with van der Waals surface area (Å²) < 4.78 is 23.5. The van der Waals surface area contributed by atoms with Gasteiger partial charge in [-0.1, -0.05) is 67.6 Å². The van der Waals surface area contributed by atoms with Crippen LogP contribution in [0.2, 0.25) is 0 Å². The summed E-state index contributed by atoms with van der Waals surface area (Å²) in [5.41, 5.74) is 21.2. The Bertz CT molecular complexity index is 8610. The summed E-state index contributed by atoms with van der Waals surface area (Å²) >= 11 is 0. The van der Waals surface area contributed by atoms with Crippen LogP contribution in [0.4, 0.5) is 32.8 Å². The van der Waals surface area contributed by atoms with Crippen molar-refractivity contribution in [3.05, 3.63) is 210 Å². The molecule has 148 heavy (non-hydrogen) atoms. The van der Waals surface area contributed by atoms with E-state index in [4.69, 9.17) is 19.9 Å². The molecule has 0 bridgehead atoms. The molecule has 0 unspecified atom stereocenters. The number of benzene rings is 5. The van der Waals surface area contributed by atoms with E-state index in [0.29, 0.717) is 140 Å². The van der Waals surface area contributed by atoms with Crippen LogP contribution < -0.4 is 47.9 Å². The highest BCUT2D eigenvalue weighted by atomic mass is 19.1. The fourth-order valence-electron chi connectivity index (χ4n) is 21.3. The number of nitrogens with zero attached hydrogens (tertiary/aromatic N) is 25. The molecule has 754 valence electrons. The first-order chi connectivity index (χ1) is 72.3. The summed E-state index contributed by atoms with van der Waals surface area (Å²) in [6.07, 6.45) is 18.7. The minimum atomic E-state index is -0.702. The van der Waals surface area contributed by atoms with Crippen LogP contribution in [0, 0.1) is 11.9 Å². The Morgan fingerprint density at radius 1 is 0.385 bits per heavy atom. The molecule has 0 spiro atoms. The second-order valence-electron chi connectivity index (χ2n) is 40.0. The standard InChI is InChI=1S/2C23H25N7O.2C21H23N7O.C20H19FN6O/c1-28-11-4-12-29(14-13-28)23(31)19-20(25-15-7-8-15)16-9-10-24-27-21(16)30-18-6-3-2-5-17(18)26-22(19)30;31-23(24-11-14-29-12-3-4-13-29)19-20(26-15-7-8-15)16-9-10-25-28-21(16)30-18-6-2-1-5-17(18)27-22(19)30;1-12-10-27(11-13(2)24-12)21(29)17-18(22-3)14-8-9-23-26-19(14)28-16-7-5-4-6-15(16)25-20(17)28;1-27(2)12-11-22-21(29)17-18(24-13-7-8-13)14-9-10-23-26-19(14)28-16-6-4-3-5-15(16)25-20(17)28;1-10-7-11(8-10)23-20(28)16-17(22-2)12-9-15(21)25-26-18(12)27-14-6-4-3-5-13(14)24-19(16)27/h2-3,5-6,9-10,15,25H,4,7-8,11-14H2,1H3;1-2,5-6,9-10,15,26H,3-4,7-8,11-14H2,(H,24,31);4-9,12-13,22,24H,10-11H2,1-3H3;3-6,9-10,13,24H,7-8,11-12H2,1-2H3,(H,22,29);3-6,9-11,22H,7-8H2,1-2H3,(H,23,28)/t;;12-,13+;;. The number of fused-ring (bicyclic) bond motifs is 25. The third-order valence-electron chi connectivity index (χ3n) is 28.8. The predicted molar refractivity (Wildman–Crippen MR) is 572 cm³/mol. The summed E-state index contributed by atoms with van der Waals surface area (Å²) in [7, 11) is 9.62. The van der Waals surface area contributed by atoms with Gasteiger partial charge >= 0.3 is 0 Å². The molecule has 18 heterocycles. The highest BCUT2D eigenvalue weighted by Crippen LogP contribution is 2.43. The fraction of sp³-hybridized carbons (Fsp3) is 0.352. The molecule has 0 radical (unpaired) electrons. The Hall–Kier alpha value is -16.3. The van der Waals surface area contributed by atoms with Gasteiger partial charge in [0.05, 0.1) is 108 Å². The van der Waals surface area contributed by atoms with Crippen LogP contribution in [-0.2, 0) is 0 Å². The van der Waals surface area contributed by atoms with Crippen molar-refractivity contribution in [1.29, 1.82) is 0 Å². The smallest absolute Gasteiger partial charge is 0.259 e. The topological polar surface area (TPSA) is 425 Å². The van der Waals surface area contributed by atoms with Crippen molar-refractivity contribution in [2.45, 2.75) is 128 Å². The van der Waals surface area contributed by atoms with Crippen molar-refractivity contribution in [2.75, 3.05) is 140 Å². The number of hydrogen-bond acceptors (Lipinski definition) is 29. The third-order valence-corrected chi connectivity index (χ3v) is 28.8. The van der Waals surface area contributed by atoms with E-state index in [1.807, 2.05) is 199 Å². The molecule has 5 aromatic carbocycles. The van der Waals surface area contributed by atoms with Gasteiger partial charge in [0.2, 0.25) is 5.95 Å². The number of hydrogen-bond donors (Lipinski definition) is 9. The molecule has 2 atom stereocenters. The van der Waals surface area contributed by atoms with Crippen molar-refractivity contribution in [3.8, 4) is 0 Å². The van der Waals surface area contributed by atoms with Crippen LogP contribution in [0.25, 0.3) is 139 Å². The van der Waals surface area contributed by atoms with Gasteiger partial charge in [-0.25, -0.2) is 24.9 Å². The van der Waals surface area contributed by atoms with Gasteiger partial charge in [0, 0.05) is 142 Å². The Labute approximate surface area is 848 Å². The van der Waals surface area contributed by atoms with E-state index in [0.717, 1.165) is 215 Å². The molecule has 39 nitrogen and oxygen atoms in total. The first-order valence-electron chi connectivity index (χ1n) is 51.1. The van der Waals surface area contributed by atoms with Crippen LogP contribution in [0.15, 0.2) is 176 Å². The SMILES string of the molecule is CN(C)CCNC(=O)c1c(NC2CC2)c2ccnnc2n2c1nc1ccccc12.CN1CCCN(C(=O)c2c(NC3CC3)c3ccnnc3n3c2nc2ccccc23)CC1.CNc1c(C(=O)N2C[C@@H](C)N[C@@H](C)C2)c2nc3ccccc3n2c2nnccc12.CNc1c(C(=O)NC2CC(C)C2)c2nc3ccccc3n2c2nnc(F)cc12.O=C(NCCN1CCCC1)c1c(NC2CC2)c2ccnnc2n2c1nc1ccccc12. The van der Waals surface area contributed by atoms with E-state index in [9.17, 15) is 28.4 Å². The molecule has 3 aliphatic heterocycles. The summed E-state index contributed by atoms with van der Waals surface area (Å²) in [4.78, 5) is 103. The average Bonchev–Trinajstić information content (AvgIpc) is 1.57. The van der Waals surface area contributed by atoms with Crippen molar-refractivity contribution < 1.29 is 28.4 Å². The maximum atomic E-state index is 14.0. The van der Waals surface area contributed by atoms with Gasteiger partial charge in [0.15, 0.2) is 56.5 Å². The maximum Gasteiger partial charge on any atom is 0.259 e. The Balaban J connectivity index is 0.000000102. The van der Waals surface area contributed by atoms with E-state index in [-0.39, 0.29) is 47.7 Å². The zero-order valence-electron chi connectivity index (χ0n) is 83.6. The van der Waals surface area contributed by atoms with Crippen molar-refractivity contribution in [3.63, 3.8) is 0 Å². The monoisotopic (exact) mass is 1990 g/mol. The lowest BCUT2D eigenvalue weighted by Crippen LogP contribution is -2.56. The second kappa shape index (κ2) is 40.2. The van der Waals surface area contributed by atoms with Crippen molar-refractivity contribution >= 4 is 197 Å². The predicted octanol–water partition coefficient (Wildman–Crippen LogP) is 13.3. The van der Waals surface area contributed by atoms with Gasteiger partial charge in [-0.2, -0.15) is 24.8 Å². The molecule has 7 fully saturated rings. The Morgan fingerprint density at radius 3 is 1.16 bits per heavy atom. The number of carbonyl (C=O) groups excluding carboxylic acids is 5. The van der Waals surface area contributed by atoms with Gasteiger partial charge in [-0.05, 0) is 216 Å². The minimum Gasteiger partial charge on any atom is -0.387 e. The quantitative estimate of drug-likeness (QED) is 0.0342. The zero-order valence-corrected chi connectivity index (χ0v) is 83.6. The number of anilines is 5. The van der Waals surface area contributed by atoms with Crippen molar-refractivity contribution in [1.82, 2.24) is 144 Å². The molecule has 9 N–H and O–H groups in total. The van der Waals surface area contributed by atoms with E-state index in [2.05, 4.69) is 141 Å². The number of rotatable bonds is 20.